The van der Waals surface area contributed by atoms with Crippen LogP contribution in [0.2, 0.25) is 0 Å². The summed E-state index contributed by atoms with van der Waals surface area (Å²) in [6, 6.07) is 0.100. The van der Waals surface area contributed by atoms with Gasteiger partial charge in [0.1, 0.15) is 0 Å². The van der Waals surface area contributed by atoms with Gasteiger partial charge in [-0.25, -0.2) is 4.79 Å². The Labute approximate surface area is 108 Å². The molecule has 0 aromatic carbocycles. The van der Waals surface area contributed by atoms with E-state index in [0.29, 0.717) is 19.6 Å². The lowest BCUT2D eigenvalue weighted by atomic mass is 10.3. The van der Waals surface area contributed by atoms with Crippen LogP contribution in [-0.2, 0) is 0 Å². The molecule has 1 rings (SSSR count). The van der Waals surface area contributed by atoms with Gasteiger partial charge in [-0.3, -0.25) is 4.90 Å². The van der Waals surface area contributed by atoms with Crippen molar-refractivity contribution >= 4 is 11.9 Å². The molecule has 0 aliphatic carbocycles. The number of piperazine rings is 1. The van der Waals surface area contributed by atoms with E-state index in [1.807, 2.05) is 23.6 Å². The van der Waals surface area contributed by atoms with E-state index < -0.39 is 0 Å². The van der Waals surface area contributed by atoms with Crippen LogP contribution in [0.4, 0.5) is 4.79 Å². The van der Waals surface area contributed by atoms with E-state index >= 15 is 0 Å². The second-order valence-corrected chi connectivity index (χ2v) is 4.31. The fourth-order valence-corrected chi connectivity index (χ4v) is 2.05. The highest BCUT2D eigenvalue weighted by molar-refractivity contribution is 5.81. The van der Waals surface area contributed by atoms with Crippen molar-refractivity contribution < 1.29 is 10.0 Å². The number of hydrogen-bond donors (Lipinski definition) is 2. The lowest BCUT2D eigenvalue weighted by molar-refractivity contribution is 0.121. The minimum Gasteiger partial charge on any atom is -0.409 e. The number of rotatable bonds is 4. The number of urea groups is 1. The van der Waals surface area contributed by atoms with Gasteiger partial charge >= 0.3 is 6.03 Å². The maximum Gasteiger partial charge on any atom is 0.320 e. The summed E-state index contributed by atoms with van der Waals surface area (Å²) in [5.41, 5.74) is 5.46. The van der Waals surface area contributed by atoms with Gasteiger partial charge in [0.15, 0.2) is 5.84 Å². The Morgan fingerprint density at radius 3 is 2.28 bits per heavy atom. The van der Waals surface area contributed by atoms with E-state index in [0.717, 1.165) is 26.2 Å². The quantitative estimate of drug-likeness (QED) is 0.316. The Morgan fingerprint density at radius 1 is 1.28 bits per heavy atom. The van der Waals surface area contributed by atoms with Crippen molar-refractivity contribution in [3.05, 3.63) is 0 Å². The molecule has 1 aliphatic rings. The first-order chi connectivity index (χ1) is 8.62. The van der Waals surface area contributed by atoms with Crippen molar-refractivity contribution in [3.63, 3.8) is 0 Å². The zero-order valence-corrected chi connectivity index (χ0v) is 11.2. The molecule has 0 radical (unpaired) electrons. The van der Waals surface area contributed by atoms with Gasteiger partial charge in [0.25, 0.3) is 0 Å². The van der Waals surface area contributed by atoms with Gasteiger partial charge in [0.05, 0.1) is 6.54 Å². The molecule has 104 valence electrons. The SMILES string of the molecule is CCN(CC)C(=O)N1CCN(CC(N)=NO)CC1. The average Bonchev–Trinajstić information content (AvgIpc) is 2.40. The Morgan fingerprint density at radius 2 is 1.83 bits per heavy atom. The van der Waals surface area contributed by atoms with Crippen molar-refractivity contribution in [1.82, 2.24) is 14.7 Å². The number of amides is 2. The van der Waals surface area contributed by atoms with Crippen LogP contribution in [-0.4, -0.2) is 77.6 Å². The normalized spacial score (nSPS) is 17.9. The summed E-state index contributed by atoms with van der Waals surface area (Å²) in [4.78, 5) is 17.8. The highest BCUT2D eigenvalue weighted by Gasteiger charge is 2.23. The van der Waals surface area contributed by atoms with Crippen LogP contribution in [0.1, 0.15) is 13.8 Å². The molecule has 7 heteroatoms. The molecular weight excluding hydrogens is 234 g/mol. The van der Waals surface area contributed by atoms with Gasteiger partial charge in [-0.1, -0.05) is 5.16 Å². The maximum absolute atomic E-state index is 12.1. The van der Waals surface area contributed by atoms with E-state index in [9.17, 15) is 4.79 Å². The molecule has 18 heavy (non-hydrogen) atoms. The molecule has 0 bridgehead atoms. The number of hydrogen-bond acceptors (Lipinski definition) is 4. The Balaban J connectivity index is 2.41. The van der Waals surface area contributed by atoms with Gasteiger partial charge in [-0.05, 0) is 13.8 Å². The zero-order valence-electron chi connectivity index (χ0n) is 11.2. The lowest BCUT2D eigenvalue weighted by Gasteiger charge is -2.36. The summed E-state index contributed by atoms with van der Waals surface area (Å²) in [6.07, 6.45) is 0. The van der Waals surface area contributed by atoms with Crippen LogP contribution >= 0.6 is 0 Å². The summed E-state index contributed by atoms with van der Waals surface area (Å²) < 4.78 is 0. The van der Waals surface area contributed by atoms with Crippen molar-refractivity contribution in [2.24, 2.45) is 10.9 Å². The summed E-state index contributed by atoms with van der Waals surface area (Å²) in [7, 11) is 0. The first-order valence-corrected chi connectivity index (χ1v) is 6.34. The topological polar surface area (TPSA) is 85.4 Å². The third-order valence-corrected chi connectivity index (χ3v) is 3.19. The van der Waals surface area contributed by atoms with Crippen LogP contribution in [0.25, 0.3) is 0 Å². The lowest BCUT2D eigenvalue weighted by Crippen LogP contribution is -2.54. The summed E-state index contributed by atoms with van der Waals surface area (Å²) in [6.45, 7) is 8.77. The standard InChI is InChI=1S/C11H23N5O2/c1-3-15(4-2)11(17)16-7-5-14(6-8-16)9-10(12)13-18/h18H,3-9H2,1-2H3,(H2,12,13). The first-order valence-electron chi connectivity index (χ1n) is 6.34. The number of nitrogens with zero attached hydrogens (tertiary/aromatic N) is 4. The number of nitrogens with two attached hydrogens (primary N) is 1. The number of carbonyl (C=O) groups is 1. The fourth-order valence-electron chi connectivity index (χ4n) is 2.05. The molecule has 0 atom stereocenters. The van der Waals surface area contributed by atoms with Crippen LogP contribution in [0.5, 0.6) is 0 Å². The van der Waals surface area contributed by atoms with E-state index in [1.165, 1.54) is 0 Å². The summed E-state index contributed by atoms with van der Waals surface area (Å²) in [5, 5.41) is 11.5. The van der Waals surface area contributed by atoms with Crippen molar-refractivity contribution in [2.45, 2.75) is 13.8 Å². The van der Waals surface area contributed by atoms with Gasteiger partial charge < -0.3 is 20.7 Å². The predicted octanol–water partition coefficient (Wildman–Crippen LogP) is -0.188. The molecule has 2 amide bonds. The Kier molecular flexibility index (Phi) is 5.70. The van der Waals surface area contributed by atoms with Crippen LogP contribution in [0.15, 0.2) is 5.16 Å². The highest BCUT2D eigenvalue weighted by atomic mass is 16.4. The zero-order chi connectivity index (χ0) is 13.5. The molecule has 0 aromatic heterocycles. The smallest absolute Gasteiger partial charge is 0.320 e. The van der Waals surface area contributed by atoms with Gasteiger partial charge in [-0.15, -0.1) is 0 Å². The Hall–Kier alpha value is -1.50. The molecule has 0 spiro atoms. The molecule has 0 aromatic rings. The summed E-state index contributed by atoms with van der Waals surface area (Å²) >= 11 is 0. The van der Waals surface area contributed by atoms with Gasteiger partial charge in [0, 0.05) is 39.3 Å². The second-order valence-electron chi connectivity index (χ2n) is 4.31. The monoisotopic (exact) mass is 257 g/mol. The molecule has 1 heterocycles. The minimum atomic E-state index is 0.100. The van der Waals surface area contributed by atoms with Crippen LogP contribution in [0.3, 0.4) is 0 Å². The largest absolute Gasteiger partial charge is 0.409 e. The van der Waals surface area contributed by atoms with Crippen molar-refractivity contribution in [3.8, 4) is 0 Å². The van der Waals surface area contributed by atoms with Gasteiger partial charge in [-0.2, -0.15) is 0 Å². The van der Waals surface area contributed by atoms with E-state index in [2.05, 4.69) is 10.1 Å². The predicted molar refractivity (Wildman–Crippen MR) is 69.7 cm³/mol. The third-order valence-electron chi connectivity index (χ3n) is 3.19. The Bertz CT molecular complexity index is 296. The molecular formula is C11H23N5O2. The third kappa shape index (κ3) is 3.76. The molecule has 1 saturated heterocycles. The molecule has 0 saturated carbocycles. The summed E-state index contributed by atoms with van der Waals surface area (Å²) in [5.74, 6) is 0.207. The van der Waals surface area contributed by atoms with E-state index in [-0.39, 0.29) is 11.9 Å². The number of oxime groups is 1. The van der Waals surface area contributed by atoms with Crippen LogP contribution < -0.4 is 5.73 Å². The average molecular weight is 257 g/mol. The van der Waals surface area contributed by atoms with Crippen molar-refractivity contribution in [2.75, 3.05) is 45.8 Å². The van der Waals surface area contributed by atoms with E-state index in [4.69, 9.17) is 10.9 Å². The molecule has 1 aliphatic heterocycles. The van der Waals surface area contributed by atoms with Crippen molar-refractivity contribution in [1.29, 1.82) is 0 Å². The molecule has 0 unspecified atom stereocenters. The van der Waals surface area contributed by atoms with Gasteiger partial charge in [0.2, 0.25) is 0 Å². The maximum atomic E-state index is 12.1. The molecule has 7 nitrogen and oxygen atoms in total. The molecule has 1 fully saturated rings. The minimum absolute atomic E-state index is 0.100. The number of carbonyl (C=O) groups excluding carboxylic acids is 1. The van der Waals surface area contributed by atoms with E-state index in [1.54, 1.807) is 0 Å². The molecule has 3 N–H and O–H groups in total. The highest BCUT2D eigenvalue weighted by Crippen LogP contribution is 2.05. The number of amidine groups is 1. The first kappa shape index (κ1) is 14.6. The second kappa shape index (κ2) is 7.05. The van der Waals surface area contributed by atoms with Crippen LogP contribution in [0, 0.1) is 0 Å². The fraction of sp³-hybridized carbons (Fsp3) is 0.818.